The van der Waals surface area contributed by atoms with Crippen LogP contribution in [-0.4, -0.2) is 11.2 Å². The van der Waals surface area contributed by atoms with Crippen LogP contribution in [0, 0.1) is 5.92 Å². The third-order valence-corrected chi connectivity index (χ3v) is 3.64. The molecule has 1 heteroatoms. The van der Waals surface area contributed by atoms with Gasteiger partial charge in [-0.2, -0.15) is 0 Å². The van der Waals surface area contributed by atoms with Crippen LogP contribution >= 0.6 is 0 Å². The molecule has 1 aliphatic rings. The molecule has 0 saturated heterocycles. The molecule has 0 bridgehead atoms. The Kier molecular flexibility index (Phi) is 5.83. The second kappa shape index (κ2) is 6.90. The Morgan fingerprint density at radius 1 is 1.00 bits per heavy atom. The number of hydrogen-bond acceptors (Lipinski definition) is 1. The highest BCUT2D eigenvalue weighted by atomic mass is 16.3. The average molecular weight is 222 g/mol. The molecule has 0 saturated carbocycles. The predicted octanol–water partition coefficient (Wildman–Crippen LogP) is 4.23. The van der Waals surface area contributed by atoms with Gasteiger partial charge in [0.05, 0.1) is 6.10 Å². The van der Waals surface area contributed by atoms with Gasteiger partial charge in [-0.15, -0.1) is 0 Å². The molecule has 0 amide bonds. The summed E-state index contributed by atoms with van der Waals surface area (Å²) in [7, 11) is 0. The van der Waals surface area contributed by atoms with Crippen molar-refractivity contribution in [1.82, 2.24) is 0 Å². The quantitative estimate of drug-likeness (QED) is 0.608. The zero-order chi connectivity index (χ0) is 12.0. The first kappa shape index (κ1) is 13.5. The fraction of sp³-hybridized carbons (Fsp3) is 0.733. The summed E-state index contributed by atoms with van der Waals surface area (Å²) < 4.78 is 0. The summed E-state index contributed by atoms with van der Waals surface area (Å²) in [6.07, 6.45) is 11.1. The van der Waals surface area contributed by atoms with Crippen LogP contribution in [0.25, 0.3) is 0 Å². The highest BCUT2D eigenvalue weighted by molar-refractivity contribution is 5.03. The maximum absolute atomic E-state index is 10.0. The van der Waals surface area contributed by atoms with E-state index in [-0.39, 0.29) is 6.10 Å². The van der Waals surface area contributed by atoms with Crippen LogP contribution in [0.1, 0.15) is 59.3 Å². The van der Waals surface area contributed by atoms with Gasteiger partial charge in [-0.3, -0.25) is 0 Å². The summed E-state index contributed by atoms with van der Waals surface area (Å²) in [5.41, 5.74) is 2.91. The van der Waals surface area contributed by atoms with Gasteiger partial charge in [-0.25, -0.2) is 0 Å². The Hall–Kier alpha value is -0.560. The molecular weight excluding hydrogens is 196 g/mol. The van der Waals surface area contributed by atoms with E-state index in [0.717, 1.165) is 32.1 Å². The molecule has 1 nitrogen and oxygen atoms in total. The lowest BCUT2D eigenvalue weighted by Gasteiger charge is -2.19. The van der Waals surface area contributed by atoms with Crippen LogP contribution in [0.2, 0.25) is 0 Å². The van der Waals surface area contributed by atoms with E-state index in [4.69, 9.17) is 0 Å². The molecule has 0 radical (unpaired) electrons. The maximum Gasteiger partial charge on any atom is 0.0568 e. The minimum atomic E-state index is -0.129. The van der Waals surface area contributed by atoms with E-state index < -0.39 is 0 Å². The molecule has 16 heavy (non-hydrogen) atoms. The molecule has 0 spiro atoms. The Balaban J connectivity index is 2.61. The van der Waals surface area contributed by atoms with Crippen molar-refractivity contribution in [2.24, 2.45) is 5.92 Å². The second-order valence-corrected chi connectivity index (χ2v) is 5.30. The van der Waals surface area contributed by atoms with Crippen LogP contribution in [-0.2, 0) is 0 Å². The first-order valence-electron chi connectivity index (χ1n) is 6.59. The minimum absolute atomic E-state index is 0.129. The van der Waals surface area contributed by atoms with E-state index in [1.54, 1.807) is 0 Å². The highest BCUT2D eigenvalue weighted by Crippen LogP contribution is 2.21. The second-order valence-electron chi connectivity index (χ2n) is 5.30. The molecule has 0 aromatic heterocycles. The summed E-state index contributed by atoms with van der Waals surface area (Å²) >= 11 is 0. The zero-order valence-corrected chi connectivity index (χ0v) is 11.0. The lowest BCUT2D eigenvalue weighted by Crippen LogP contribution is -2.17. The standard InChI is InChI=1S/C15H26O/c1-12-6-4-5-7-13(2)9-11-15(16)14(3)10-8-12/h6-7,14-16H,4-5,8-11H2,1-3H3. The molecule has 0 aromatic carbocycles. The van der Waals surface area contributed by atoms with Gasteiger partial charge < -0.3 is 5.11 Å². The molecule has 0 fully saturated rings. The SMILES string of the molecule is CC1=CCCC=C(C)CCC(O)C(C)CC1. The van der Waals surface area contributed by atoms with Crippen LogP contribution in [0.3, 0.4) is 0 Å². The van der Waals surface area contributed by atoms with Crippen molar-refractivity contribution in [3.8, 4) is 0 Å². The molecule has 2 atom stereocenters. The predicted molar refractivity (Wildman–Crippen MR) is 70.4 cm³/mol. The lowest BCUT2D eigenvalue weighted by molar-refractivity contribution is 0.103. The highest BCUT2D eigenvalue weighted by Gasteiger charge is 2.14. The Bertz CT molecular complexity index is 235. The van der Waals surface area contributed by atoms with E-state index in [9.17, 15) is 5.11 Å². The maximum atomic E-state index is 10.0. The third kappa shape index (κ3) is 4.98. The van der Waals surface area contributed by atoms with Gasteiger partial charge in [0.25, 0.3) is 0 Å². The van der Waals surface area contributed by atoms with E-state index in [1.807, 2.05) is 0 Å². The molecule has 0 aromatic rings. The van der Waals surface area contributed by atoms with Crippen molar-refractivity contribution in [1.29, 1.82) is 0 Å². The summed E-state index contributed by atoms with van der Waals surface area (Å²) in [5.74, 6) is 0.426. The Morgan fingerprint density at radius 3 is 2.06 bits per heavy atom. The normalized spacial score (nSPS) is 29.8. The smallest absolute Gasteiger partial charge is 0.0568 e. The number of hydrogen-bond donors (Lipinski definition) is 1. The van der Waals surface area contributed by atoms with Crippen molar-refractivity contribution in [3.63, 3.8) is 0 Å². The fourth-order valence-corrected chi connectivity index (χ4v) is 2.17. The zero-order valence-electron chi connectivity index (χ0n) is 11.0. The fourth-order valence-electron chi connectivity index (χ4n) is 2.17. The summed E-state index contributed by atoms with van der Waals surface area (Å²) in [4.78, 5) is 0. The van der Waals surface area contributed by atoms with Gasteiger partial charge in [0.1, 0.15) is 0 Å². The molecule has 2 unspecified atom stereocenters. The summed E-state index contributed by atoms with van der Waals surface area (Å²) in [5, 5.41) is 10.0. The topological polar surface area (TPSA) is 20.2 Å². The largest absolute Gasteiger partial charge is 0.393 e. The first-order chi connectivity index (χ1) is 7.59. The van der Waals surface area contributed by atoms with Crippen LogP contribution < -0.4 is 0 Å². The van der Waals surface area contributed by atoms with Gasteiger partial charge >= 0.3 is 0 Å². The number of rotatable bonds is 0. The van der Waals surface area contributed by atoms with Crippen molar-refractivity contribution in [3.05, 3.63) is 23.3 Å². The molecule has 1 rings (SSSR count). The van der Waals surface area contributed by atoms with Crippen molar-refractivity contribution < 1.29 is 5.11 Å². The van der Waals surface area contributed by atoms with Gasteiger partial charge in [-0.1, -0.05) is 30.2 Å². The third-order valence-electron chi connectivity index (χ3n) is 3.64. The van der Waals surface area contributed by atoms with Gasteiger partial charge in [-0.05, 0) is 58.3 Å². The molecule has 1 N–H and O–H groups in total. The average Bonchev–Trinajstić information content (AvgIpc) is 2.27. The molecule has 1 aliphatic carbocycles. The first-order valence-corrected chi connectivity index (χ1v) is 6.59. The molecule has 0 aliphatic heterocycles. The molecule has 92 valence electrons. The monoisotopic (exact) mass is 222 g/mol. The van der Waals surface area contributed by atoms with Crippen molar-refractivity contribution in [2.75, 3.05) is 0 Å². The molecule has 0 heterocycles. The number of aliphatic hydroxyl groups excluding tert-OH is 1. The van der Waals surface area contributed by atoms with Gasteiger partial charge in [0.15, 0.2) is 0 Å². The van der Waals surface area contributed by atoms with Gasteiger partial charge in [0.2, 0.25) is 0 Å². The van der Waals surface area contributed by atoms with E-state index >= 15 is 0 Å². The van der Waals surface area contributed by atoms with E-state index in [2.05, 4.69) is 32.9 Å². The summed E-state index contributed by atoms with van der Waals surface area (Å²) in [6, 6.07) is 0. The van der Waals surface area contributed by atoms with Crippen LogP contribution in [0.15, 0.2) is 23.3 Å². The van der Waals surface area contributed by atoms with E-state index in [0.29, 0.717) is 5.92 Å². The van der Waals surface area contributed by atoms with Crippen LogP contribution in [0.4, 0.5) is 0 Å². The Labute approximate surface area is 100 Å². The molecular formula is C15H26O. The minimum Gasteiger partial charge on any atom is -0.393 e. The van der Waals surface area contributed by atoms with Gasteiger partial charge in [0, 0.05) is 0 Å². The number of aliphatic hydroxyl groups is 1. The number of allylic oxidation sites excluding steroid dienone is 4. The van der Waals surface area contributed by atoms with Crippen molar-refractivity contribution >= 4 is 0 Å². The van der Waals surface area contributed by atoms with Crippen molar-refractivity contribution in [2.45, 2.75) is 65.4 Å². The van der Waals surface area contributed by atoms with Crippen LogP contribution in [0.5, 0.6) is 0 Å². The summed E-state index contributed by atoms with van der Waals surface area (Å²) in [6.45, 7) is 6.56. The lowest BCUT2D eigenvalue weighted by atomic mass is 9.91. The Morgan fingerprint density at radius 2 is 1.50 bits per heavy atom. The van der Waals surface area contributed by atoms with E-state index in [1.165, 1.54) is 17.6 Å².